The molecule has 0 saturated carbocycles. The Balaban J connectivity index is 2.27. The molecule has 1 unspecified atom stereocenters. The predicted molar refractivity (Wildman–Crippen MR) is 100 cm³/mol. The minimum absolute atomic E-state index is 0.0298. The van der Waals surface area contributed by atoms with Crippen LogP contribution in [0.2, 0.25) is 0 Å². The molecular weight excluding hydrogens is 358 g/mol. The number of nitrogens with one attached hydrogen (secondary N) is 1. The van der Waals surface area contributed by atoms with Gasteiger partial charge in [0.1, 0.15) is 6.04 Å². The van der Waals surface area contributed by atoms with Crippen LogP contribution in [0.25, 0.3) is 10.8 Å². The van der Waals surface area contributed by atoms with Gasteiger partial charge in [-0.3, -0.25) is 9.79 Å². The fourth-order valence-electron chi connectivity index (χ4n) is 2.52. The molecule has 0 aliphatic carbocycles. The average Bonchev–Trinajstić information content (AvgIpc) is 2.57. The summed E-state index contributed by atoms with van der Waals surface area (Å²) < 4.78 is 27.7. The number of carboxylic acid groups (broad SMARTS) is 1. The minimum Gasteiger partial charge on any atom is -0.480 e. The van der Waals surface area contributed by atoms with Gasteiger partial charge in [-0.05, 0) is 25.0 Å². The molecule has 0 bridgehead atoms. The first-order valence-corrected chi connectivity index (χ1v) is 9.28. The average molecular weight is 379 g/mol. The Morgan fingerprint density at radius 2 is 1.81 bits per heavy atom. The van der Waals surface area contributed by atoms with E-state index in [1.165, 1.54) is 12.1 Å². The highest BCUT2D eigenvalue weighted by Gasteiger charge is 2.26. The minimum atomic E-state index is -4.07. The van der Waals surface area contributed by atoms with Gasteiger partial charge in [-0.25, -0.2) is 8.42 Å². The lowest BCUT2D eigenvalue weighted by Gasteiger charge is -2.16. The van der Waals surface area contributed by atoms with Gasteiger partial charge >= 0.3 is 5.97 Å². The molecule has 0 spiro atoms. The van der Waals surface area contributed by atoms with E-state index in [0.717, 1.165) is 0 Å². The summed E-state index contributed by atoms with van der Waals surface area (Å²) in [7, 11) is -4.07. The summed E-state index contributed by atoms with van der Waals surface area (Å²) in [6, 6.07) is 8.29. The quantitative estimate of drug-likeness (QED) is 0.188. The first kappa shape index (κ1) is 19.5. The van der Waals surface area contributed by atoms with Crippen LogP contribution in [-0.4, -0.2) is 38.0 Å². The van der Waals surface area contributed by atoms with E-state index in [9.17, 15) is 18.3 Å². The molecule has 140 valence electrons. The number of hydrogen-bond donors (Lipinski definition) is 5. The van der Waals surface area contributed by atoms with Crippen molar-refractivity contribution >= 4 is 38.4 Å². The number of carboxylic acids is 1. The Kier molecular flexibility index (Phi) is 6.01. The Bertz CT molecular complexity index is 939. The molecule has 0 aliphatic heterocycles. The number of guanidine groups is 1. The van der Waals surface area contributed by atoms with Crippen LogP contribution in [0.5, 0.6) is 0 Å². The third-order valence-electron chi connectivity index (χ3n) is 3.75. The number of aliphatic imine (C=N–C) groups is 1. The van der Waals surface area contributed by atoms with Crippen LogP contribution in [0.15, 0.2) is 46.3 Å². The summed E-state index contributed by atoms with van der Waals surface area (Å²) in [4.78, 5) is 15.1. The van der Waals surface area contributed by atoms with Crippen molar-refractivity contribution in [3.63, 3.8) is 0 Å². The molecule has 2 aromatic rings. The largest absolute Gasteiger partial charge is 0.480 e. The highest BCUT2D eigenvalue weighted by Crippen LogP contribution is 2.27. The Labute approximate surface area is 150 Å². The van der Waals surface area contributed by atoms with Gasteiger partial charge in [0.05, 0.1) is 4.90 Å². The lowest BCUT2D eigenvalue weighted by Crippen LogP contribution is -2.40. The zero-order chi connectivity index (χ0) is 19.3. The number of nitrogens with zero attached hydrogens (tertiary/aromatic N) is 1. The van der Waals surface area contributed by atoms with Gasteiger partial charge in [0.2, 0.25) is 10.0 Å². The number of anilines is 1. The summed E-state index contributed by atoms with van der Waals surface area (Å²) in [5, 5.41) is 10.3. The van der Waals surface area contributed by atoms with E-state index in [2.05, 4.69) is 9.71 Å². The summed E-state index contributed by atoms with van der Waals surface area (Å²) in [6.45, 7) is 0.207. The van der Waals surface area contributed by atoms with Crippen LogP contribution >= 0.6 is 0 Å². The molecule has 0 fully saturated rings. The van der Waals surface area contributed by atoms with Crippen LogP contribution < -0.4 is 21.9 Å². The van der Waals surface area contributed by atoms with Gasteiger partial charge in [-0.15, -0.1) is 0 Å². The third-order valence-corrected chi connectivity index (χ3v) is 5.28. The number of carbonyl (C=O) groups is 1. The maximum Gasteiger partial charge on any atom is 0.321 e. The van der Waals surface area contributed by atoms with Gasteiger partial charge in [0, 0.05) is 23.0 Å². The SMILES string of the molecule is NC(N)=NCCCC(NS(=O)(=O)c1ccc(N)c2ccccc12)C(=O)O. The van der Waals surface area contributed by atoms with E-state index in [-0.39, 0.29) is 23.8 Å². The van der Waals surface area contributed by atoms with Gasteiger partial charge < -0.3 is 22.3 Å². The van der Waals surface area contributed by atoms with E-state index in [0.29, 0.717) is 22.9 Å². The lowest BCUT2D eigenvalue weighted by atomic mass is 10.1. The van der Waals surface area contributed by atoms with Crippen molar-refractivity contribution in [2.45, 2.75) is 23.8 Å². The van der Waals surface area contributed by atoms with E-state index in [1.807, 2.05) is 0 Å². The van der Waals surface area contributed by atoms with Crippen molar-refractivity contribution in [3.05, 3.63) is 36.4 Å². The second-order valence-electron chi connectivity index (χ2n) is 5.66. The highest BCUT2D eigenvalue weighted by atomic mass is 32.2. The third kappa shape index (κ3) is 4.61. The molecule has 0 saturated heterocycles. The molecule has 2 aromatic carbocycles. The summed E-state index contributed by atoms with van der Waals surface area (Å²) in [5.41, 5.74) is 16.7. The summed E-state index contributed by atoms with van der Waals surface area (Å²) >= 11 is 0. The lowest BCUT2D eigenvalue weighted by molar-refractivity contribution is -0.139. The Morgan fingerprint density at radius 3 is 2.42 bits per heavy atom. The van der Waals surface area contributed by atoms with Crippen molar-refractivity contribution < 1.29 is 18.3 Å². The molecule has 10 heteroatoms. The van der Waals surface area contributed by atoms with Crippen LogP contribution in [-0.2, 0) is 14.8 Å². The zero-order valence-electron chi connectivity index (χ0n) is 13.9. The predicted octanol–water partition coefficient (Wildman–Crippen LogP) is 0.207. The van der Waals surface area contributed by atoms with Crippen LogP contribution in [0.1, 0.15) is 12.8 Å². The van der Waals surface area contributed by atoms with E-state index >= 15 is 0 Å². The molecular formula is C16H21N5O4S. The monoisotopic (exact) mass is 379 g/mol. The molecule has 1 atom stereocenters. The molecule has 26 heavy (non-hydrogen) atoms. The van der Waals surface area contributed by atoms with Crippen molar-refractivity contribution in [2.24, 2.45) is 16.5 Å². The molecule has 9 nitrogen and oxygen atoms in total. The molecule has 0 amide bonds. The number of nitrogens with two attached hydrogens (primary N) is 3. The zero-order valence-corrected chi connectivity index (χ0v) is 14.7. The topological polar surface area (TPSA) is 174 Å². The Hall–Kier alpha value is -2.85. The number of benzene rings is 2. The number of aliphatic carboxylic acids is 1. The van der Waals surface area contributed by atoms with Crippen molar-refractivity contribution in [1.29, 1.82) is 0 Å². The molecule has 0 radical (unpaired) electrons. The number of hydrogen-bond acceptors (Lipinski definition) is 5. The highest BCUT2D eigenvalue weighted by molar-refractivity contribution is 7.89. The molecule has 2 rings (SSSR count). The second kappa shape index (κ2) is 8.02. The van der Waals surface area contributed by atoms with Crippen LogP contribution in [0, 0.1) is 0 Å². The van der Waals surface area contributed by atoms with Gasteiger partial charge in [0.15, 0.2) is 5.96 Å². The maximum atomic E-state index is 12.7. The van der Waals surface area contributed by atoms with Gasteiger partial charge in [-0.1, -0.05) is 24.3 Å². The second-order valence-corrected chi connectivity index (χ2v) is 7.34. The smallest absolute Gasteiger partial charge is 0.321 e. The van der Waals surface area contributed by atoms with E-state index < -0.39 is 22.0 Å². The first-order valence-electron chi connectivity index (χ1n) is 7.80. The molecule has 8 N–H and O–H groups in total. The normalized spacial score (nSPS) is 12.6. The van der Waals surface area contributed by atoms with Gasteiger partial charge in [0.25, 0.3) is 0 Å². The number of sulfonamides is 1. The summed E-state index contributed by atoms with van der Waals surface area (Å²) in [6.07, 6.45) is 0.345. The first-order chi connectivity index (χ1) is 12.2. The van der Waals surface area contributed by atoms with E-state index in [4.69, 9.17) is 17.2 Å². The maximum absolute atomic E-state index is 12.7. The van der Waals surface area contributed by atoms with Crippen molar-refractivity contribution in [1.82, 2.24) is 4.72 Å². The molecule has 0 aromatic heterocycles. The van der Waals surface area contributed by atoms with Crippen molar-refractivity contribution in [2.75, 3.05) is 12.3 Å². The number of nitrogen functional groups attached to an aromatic ring is 1. The fourth-order valence-corrected chi connectivity index (χ4v) is 3.95. The van der Waals surface area contributed by atoms with Crippen LogP contribution in [0.4, 0.5) is 5.69 Å². The number of rotatable bonds is 8. The van der Waals surface area contributed by atoms with Crippen LogP contribution in [0.3, 0.4) is 0 Å². The molecule has 0 aliphatic rings. The van der Waals surface area contributed by atoms with E-state index in [1.54, 1.807) is 24.3 Å². The summed E-state index contributed by atoms with van der Waals surface area (Å²) in [5.74, 6) is -1.39. The number of fused-ring (bicyclic) bond motifs is 1. The van der Waals surface area contributed by atoms with Crippen molar-refractivity contribution in [3.8, 4) is 0 Å². The standard InChI is InChI=1S/C16H21N5O4S/c17-12-7-8-14(11-5-2-1-4-10(11)12)26(24,25)21-13(15(22)23)6-3-9-20-16(18)19/h1-2,4-5,7-8,13,21H,3,6,9,17H2,(H,22,23)(H4,18,19,20). The fraction of sp³-hybridized carbons (Fsp3) is 0.250. The Morgan fingerprint density at radius 1 is 1.15 bits per heavy atom. The van der Waals surface area contributed by atoms with Gasteiger partial charge in [-0.2, -0.15) is 4.72 Å². The molecule has 0 heterocycles.